The van der Waals surface area contributed by atoms with E-state index in [2.05, 4.69) is 140 Å². The highest BCUT2D eigenvalue weighted by Crippen LogP contribution is 2.59. The van der Waals surface area contributed by atoms with E-state index in [0.29, 0.717) is 12.0 Å². The third-order valence-electron chi connectivity index (χ3n) is 10.1. The molecule has 10 rings (SSSR count). The Morgan fingerprint density at radius 1 is 0.622 bits per heavy atom. The van der Waals surface area contributed by atoms with E-state index in [1.807, 2.05) is 6.20 Å². The normalized spacial score (nSPS) is 17.8. The number of hydrogen-bond acceptors (Lipinski definition) is 3. The van der Waals surface area contributed by atoms with Gasteiger partial charge in [-0.3, -0.25) is 4.98 Å². The fourth-order valence-corrected chi connectivity index (χ4v) is 8.11. The quantitative estimate of drug-likeness (QED) is 0.192. The molecule has 0 fully saturated rings. The molecule has 3 nitrogen and oxygen atoms in total. The molecule has 1 aliphatic carbocycles. The molecule has 3 heteroatoms. The Morgan fingerprint density at radius 3 is 2.16 bits per heavy atom. The van der Waals surface area contributed by atoms with E-state index in [0.717, 1.165) is 33.1 Å². The van der Waals surface area contributed by atoms with E-state index < -0.39 is 0 Å². The van der Waals surface area contributed by atoms with Gasteiger partial charge in [-0.25, -0.2) is 4.98 Å². The highest BCUT2D eigenvalue weighted by Gasteiger charge is 2.47. The predicted octanol–water partition coefficient (Wildman–Crippen LogP) is 10.5. The molecule has 7 aromatic rings. The van der Waals surface area contributed by atoms with Gasteiger partial charge in [-0.15, -0.1) is 0 Å². The molecule has 212 valence electrons. The average Bonchev–Trinajstić information content (AvgIpc) is 3.58. The van der Waals surface area contributed by atoms with Crippen LogP contribution in [0.3, 0.4) is 0 Å². The Bertz CT molecular complexity index is 2450. The predicted molar refractivity (Wildman–Crippen MR) is 187 cm³/mol. The molecule has 2 aliphatic heterocycles. The smallest absolute Gasteiger partial charge is 0.0979 e. The zero-order valence-electron chi connectivity index (χ0n) is 25.1. The van der Waals surface area contributed by atoms with Crippen LogP contribution >= 0.6 is 0 Å². The number of allylic oxidation sites excluding steroid dienone is 2. The molecule has 2 atom stereocenters. The molecular weight excluding hydrogens is 546 g/mol. The number of anilines is 2. The van der Waals surface area contributed by atoms with Gasteiger partial charge in [0.1, 0.15) is 0 Å². The maximum atomic E-state index is 5.25. The van der Waals surface area contributed by atoms with E-state index >= 15 is 0 Å². The zero-order valence-corrected chi connectivity index (χ0v) is 25.1. The third-order valence-corrected chi connectivity index (χ3v) is 10.1. The highest BCUT2D eigenvalue weighted by molar-refractivity contribution is 6.23. The average molecular weight is 576 g/mol. The van der Waals surface area contributed by atoms with Crippen molar-refractivity contribution in [3.8, 4) is 22.4 Å². The summed E-state index contributed by atoms with van der Waals surface area (Å²) in [5.74, 6) is 0.388. The summed E-state index contributed by atoms with van der Waals surface area (Å²) in [5, 5.41) is 4.70. The first-order valence-electron chi connectivity index (χ1n) is 15.7. The van der Waals surface area contributed by atoms with Crippen molar-refractivity contribution in [2.45, 2.75) is 25.8 Å². The number of hydrogen-bond donors (Lipinski definition) is 0. The minimum atomic E-state index is 0.334. The van der Waals surface area contributed by atoms with Crippen LogP contribution in [0.25, 0.3) is 60.5 Å². The third kappa shape index (κ3) is 3.47. The second-order valence-corrected chi connectivity index (χ2v) is 12.8. The fraction of sp³-hybridized carbons (Fsp3) is 0.0952. The van der Waals surface area contributed by atoms with E-state index in [4.69, 9.17) is 9.97 Å². The van der Waals surface area contributed by atoms with Gasteiger partial charge in [0.05, 0.1) is 29.0 Å². The first-order chi connectivity index (χ1) is 22.1. The van der Waals surface area contributed by atoms with Crippen LogP contribution in [0.15, 0.2) is 133 Å². The van der Waals surface area contributed by atoms with Crippen LogP contribution in [-0.2, 0) is 0 Å². The van der Waals surface area contributed by atoms with Crippen LogP contribution in [0.1, 0.15) is 29.5 Å². The number of fused-ring (bicyclic) bond motifs is 12. The zero-order chi connectivity index (χ0) is 29.8. The van der Waals surface area contributed by atoms with Crippen molar-refractivity contribution in [1.82, 2.24) is 9.97 Å². The SMILES string of the molecule is CC1=CC2c3cc(C)ccc3N3c4ccc(-c5cccc(-c6cnc7c8ccccc8c8ccccc8c7n6)c5)cc4C(=C1)C23. The van der Waals surface area contributed by atoms with E-state index in [-0.39, 0.29) is 0 Å². The van der Waals surface area contributed by atoms with E-state index in [9.17, 15) is 0 Å². The Balaban J connectivity index is 1.10. The van der Waals surface area contributed by atoms with Crippen molar-refractivity contribution in [2.24, 2.45) is 0 Å². The molecule has 6 aromatic carbocycles. The van der Waals surface area contributed by atoms with E-state index in [1.54, 1.807) is 0 Å². The largest absolute Gasteiger partial charge is 0.332 e. The Labute approximate surface area is 261 Å². The van der Waals surface area contributed by atoms with Gasteiger partial charge in [0.2, 0.25) is 0 Å². The van der Waals surface area contributed by atoms with Gasteiger partial charge in [-0.1, -0.05) is 108 Å². The fourth-order valence-electron chi connectivity index (χ4n) is 8.11. The van der Waals surface area contributed by atoms with Crippen LogP contribution in [-0.4, -0.2) is 16.0 Å². The second kappa shape index (κ2) is 8.99. The number of aromatic nitrogens is 2. The van der Waals surface area contributed by atoms with Crippen LogP contribution in [0.5, 0.6) is 0 Å². The standard InChI is InChI=1S/C42H29N3/c1-24-14-16-38-33(18-24)35-19-25(2)20-36-34-22-27(15-17-39(34)45(38)42(35)36)26-8-7-9-28(21-26)37-23-43-40-31-12-5-3-10-29(31)30-11-4-6-13-32(30)41(40)44-37/h3-23,35,42H,1-2H3. The number of benzene rings is 6. The summed E-state index contributed by atoms with van der Waals surface area (Å²) in [6, 6.07) is 40.1. The van der Waals surface area contributed by atoms with Crippen molar-refractivity contribution in [3.63, 3.8) is 0 Å². The topological polar surface area (TPSA) is 29.0 Å². The molecule has 0 spiro atoms. The van der Waals surface area contributed by atoms with Gasteiger partial charge in [0, 0.05) is 39.2 Å². The number of nitrogens with zero attached hydrogens (tertiary/aromatic N) is 3. The summed E-state index contributed by atoms with van der Waals surface area (Å²) in [7, 11) is 0. The van der Waals surface area contributed by atoms with Crippen LogP contribution in [0.2, 0.25) is 0 Å². The Kier molecular flexibility index (Phi) is 4.97. The first kappa shape index (κ1) is 24.9. The van der Waals surface area contributed by atoms with Crippen molar-refractivity contribution in [1.29, 1.82) is 0 Å². The van der Waals surface area contributed by atoms with Crippen LogP contribution < -0.4 is 4.90 Å². The molecule has 0 radical (unpaired) electrons. The molecule has 1 aromatic heterocycles. The lowest BCUT2D eigenvalue weighted by atomic mass is 9.82. The summed E-state index contributed by atoms with van der Waals surface area (Å²) >= 11 is 0. The second-order valence-electron chi connectivity index (χ2n) is 12.8. The number of aryl methyl sites for hydroxylation is 1. The molecule has 0 saturated carbocycles. The molecule has 3 heterocycles. The maximum Gasteiger partial charge on any atom is 0.0979 e. The van der Waals surface area contributed by atoms with Crippen molar-refractivity contribution >= 4 is 49.5 Å². The lowest BCUT2D eigenvalue weighted by Gasteiger charge is -2.25. The molecule has 0 saturated heterocycles. The van der Waals surface area contributed by atoms with Gasteiger partial charge in [0.25, 0.3) is 0 Å². The maximum absolute atomic E-state index is 5.25. The van der Waals surface area contributed by atoms with Gasteiger partial charge in [0.15, 0.2) is 0 Å². The summed E-state index contributed by atoms with van der Waals surface area (Å²) in [4.78, 5) is 12.8. The molecule has 0 bridgehead atoms. The van der Waals surface area contributed by atoms with Crippen LogP contribution in [0.4, 0.5) is 11.4 Å². The Morgan fingerprint density at radius 2 is 1.33 bits per heavy atom. The summed E-state index contributed by atoms with van der Waals surface area (Å²) < 4.78 is 0. The molecule has 45 heavy (non-hydrogen) atoms. The van der Waals surface area contributed by atoms with Crippen molar-refractivity contribution < 1.29 is 0 Å². The molecule has 0 amide bonds. The minimum absolute atomic E-state index is 0.334. The van der Waals surface area contributed by atoms with Crippen molar-refractivity contribution in [2.75, 3.05) is 4.90 Å². The first-order valence-corrected chi connectivity index (χ1v) is 15.7. The minimum Gasteiger partial charge on any atom is -0.332 e. The van der Waals surface area contributed by atoms with Gasteiger partial charge < -0.3 is 4.90 Å². The lowest BCUT2D eigenvalue weighted by Crippen LogP contribution is -2.26. The molecule has 3 aliphatic rings. The summed E-state index contributed by atoms with van der Waals surface area (Å²) in [6.07, 6.45) is 6.79. The van der Waals surface area contributed by atoms with E-state index in [1.165, 1.54) is 61.1 Å². The lowest BCUT2D eigenvalue weighted by molar-refractivity contribution is 0.774. The summed E-state index contributed by atoms with van der Waals surface area (Å²) in [6.45, 7) is 4.44. The van der Waals surface area contributed by atoms with Crippen LogP contribution in [0, 0.1) is 6.92 Å². The monoisotopic (exact) mass is 575 g/mol. The van der Waals surface area contributed by atoms with Gasteiger partial charge in [-0.2, -0.15) is 0 Å². The Hall–Kier alpha value is -5.54. The molecule has 0 N–H and O–H groups in total. The highest BCUT2D eigenvalue weighted by atomic mass is 15.2. The molecular formula is C42H29N3. The number of rotatable bonds is 2. The van der Waals surface area contributed by atoms with Gasteiger partial charge in [-0.05, 0) is 71.1 Å². The van der Waals surface area contributed by atoms with Crippen molar-refractivity contribution in [3.05, 3.63) is 150 Å². The molecule has 2 unspecified atom stereocenters. The van der Waals surface area contributed by atoms with Gasteiger partial charge >= 0.3 is 0 Å². The summed E-state index contributed by atoms with van der Waals surface area (Å²) in [5.41, 5.74) is 15.8.